The summed E-state index contributed by atoms with van der Waals surface area (Å²) < 4.78 is 0. The molecule has 0 saturated carbocycles. The Morgan fingerprint density at radius 1 is 1.17 bits per heavy atom. The van der Waals surface area contributed by atoms with Crippen LogP contribution < -0.4 is 51.4 Å². The molecule has 0 aliphatic heterocycles. The average molecular weight is 124 g/mol. The molecule has 0 spiro atoms. The minimum absolute atomic E-state index is 0. The zero-order chi connectivity index (χ0) is 3.54. The maximum atomic E-state index is 2.04. The molecule has 2 heteroatoms. The van der Waals surface area contributed by atoms with Crippen LogP contribution in [0.2, 0.25) is 0 Å². The maximum Gasteiger partial charge on any atom is 1.00 e. The van der Waals surface area contributed by atoms with Gasteiger partial charge in [0.1, 0.15) is 0 Å². The first-order valence-electron chi connectivity index (χ1n) is 1.47. The van der Waals surface area contributed by atoms with Gasteiger partial charge in [-0.05, 0) is 10.8 Å². The first kappa shape index (κ1) is 7.34. The topological polar surface area (TPSA) is 0 Å². The van der Waals surface area contributed by atoms with Crippen molar-refractivity contribution in [2.24, 2.45) is 0 Å². The van der Waals surface area contributed by atoms with Crippen molar-refractivity contribution in [3.63, 3.8) is 0 Å². The van der Waals surface area contributed by atoms with Crippen LogP contribution in [0.25, 0.3) is 0 Å². The molecular weight excluding hydrogens is 119 g/mol. The van der Waals surface area contributed by atoms with Gasteiger partial charge in [-0.2, -0.15) is 11.3 Å². The van der Waals surface area contributed by atoms with Crippen molar-refractivity contribution in [3.05, 3.63) is 22.9 Å². The van der Waals surface area contributed by atoms with Crippen molar-refractivity contribution in [3.8, 4) is 0 Å². The van der Waals surface area contributed by atoms with E-state index in [1.54, 1.807) is 11.3 Å². The van der Waals surface area contributed by atoms with Crippen LogP contribution in [-0.4, -0.2) is 0 Å². The number of rotatable bonds is 0. The van der Waals surface area contributed by atoms with Crippen molar-refractivity contribution < 1.29 is 52.8 Å². The van der Waals surface area contributed by atoms with Crippen LogP contribution in [0.15, 0.2) is 22.9 Å². The Kier molecular flexibility index (Phi) is 5.50. The molecule has 0 N–H and O–H groups in total. The Bertz CT molecular complexity index is 68.2. The van der Waals surface area contributed by atoms with E-state index < -0.39 is 0 Å². The van der Waals surface area contributed by atoms with Gasteiger partial charge in [-0.3, -0.25) is 0 Å². The van der Waals surface area contributed by atoms with Gasteiger partial charge in [-0.1, -0.05) is 12.1 Å². The van der Waals surface area contributed by atoms with Crippen LogP contribution in [0.1, 0.15) is 1.43 Å². The van der Waals surface area contributed by atoms with Gasteiger partial charge in [0, 0.05) is 0 Å². The largest absolute Gasteiger partial charge is 1.00 e. The molecule has 0 radical (unpaired) electrons. The van der Waals surface area contributed by atoms with E-state index in [-0.39, 0.29) is 52.8 Å². The summed E-state index contributed by atoms with van der Waals surface area (Å²) in [4.78, 5) is 0. The van der Waals surface area contributed by atoms with Gasteiger partial charge in [-0.25, -0.2) is 0 Å². The van der Waals surface area contributed by atoms with Crippen molar-refractivity contribution in [2.45, 2.75) is 0 Å². The fourth-order valence-electron chi connectivity index (χ4n) is 0.227. The SMILES string of the molecule is [H-].[K+].c1ccsc1. The van der Waals surface area contributed by atoms with E-state index in [0.717, 1.165) is 0 Å². The molecule has 1 rings (SSSR count). The summed E-state index contributed by atoms with van der Waals surface area (Å²) >= 11 is 1.71. The monoisotopic (exact) mass is 124 g/mol. The van der Waals surface area contributed by atoms with Gasteiger partial charge in [0.15, 0.2) is 0 Å². The van der Waals surface area contributed by atoms with E-state index in [2.05, 4.69) is 0 Å². The third-order valence-electron chi connectivity index (χ3n) is 0.425. The molecule has 1 heterocycles. The molecule has 0 aliphatic carbocycles. The molecule has 0 bridgehead atoms. The van der Waals surface area contributed by atoms with Crippen LogP contribution in [-0.2, 0) is 0 Å². The van der Waals surface area contributed by atoms with Crippen LogP contribution in [0.5, 0.6) is 0 Å². The van der Waals surface area contributed by atoms with E-state index in [4.69, 9.17) is 0 Å². The Hall–Kier alpha value is 1.34. The quantitative estimate of drug-likeness (QED) is 0.384. The summed E-state index contributed by atoms with van der Waals surface area (Å²) in [5.41, 5.74) is 0. The van der Waals surface area contributed by atoms with Crippen LogP contribution in [0.3, 0.4) is 0 Å². The van der Waals surface area contributed by atoms with E-state index in [1.165, 1.54) is 0 Å². The molecule has 0 unspecified atom stereocenters. The second-order valence-corrected chi connectivity index (χ2v) is 1.61. The van der Waals surface area contributed by atoms with Gasteiger partial charge < -0.3 is 1.43 Å². The number of thiophene rings is 1. The number of hydrogen-bond acceptors (Lipinski definition) is 1. The summed E-state index contributed by atoms with van der Waals surface area (Å²) in [5.74, 6) is 0. The third kappa shape index (κ3) is 2.50. The standard InChI is InChI=1S/C4H4S.K.H/c1-2-4-5-3-1;;/h1-4H;;/q;+1;-1. The summed E-state index contributed by atoms with van der Waals surface area (Å²) in [5, 5.41) is 4.08. The zero-order valence-corrected chi connectivity index (χ0v) is 7.66. The Morgan fingerprint density at radius 2 is 1.67 bits per heavy atom. The Balaban J connectivity index is 0. The minimum Gasteiger partial charge on any atom is -1.00 e. The van der Waals surface area contributed by atoms with Crippen LogP contribution in [0, 0.1) is 0 Å². The molecule has 1 aromatic rings. The molecule has 28 valence electrons. The second-order valence-electron chi connectivity index (χ2n) is 0.793. The van der Waals surface area contributed by atoms with Gasteiger partial charge >= 0.3 is 51.4 Å². The summed E-state index contributed by atoms with van der Waals surface area (Å²) in [6.07, 6.45) is 0. The zero-order valence-electron chi connectivity index (χ0n) is 4.72. The van der Waals surface area contributed by atoms with Crippen molar-refractivity contribution in [1.29, 1.82) is 0 Å². The summed E-state index contributed by atoms with van der Waals surface area (Å²) in [6, 6.07) is 4.04. The van der Waals surface area contributed by atoms with Crippen molar-refractivity contribution >= 4 is 11.3 Å². The normalized spacial score (nSPS) is 6.67. The molecular formula is C4H5KS. The molecule has 1 aromatic heterocycles. The van der Waals surface area contributed by atoms with Crippen LogP contribution >= 0.6 is 11.3 Å². The van der Waals surface area contributed by atoms with E-state index in [9.17, 15) is 0 Å². The Labute approximate surface area is 85.5 Å². The first-order chi connectivity index (χ1) is 2.50. The molecule has 0 fully saturated rings. The maximum absolute atomic E-state index is 2.04. The van der Waals surface area contributed by atoms with Gasteiger partial charge in [0.05, 0.1) is 0 Å². The van der Waals surface area contributed by atoms with Gasteiger partial charge in [-0.15, -0.1) is 0 Å². The third-order valence-corrected chi connectivity index (χ3v) is 1.05. The fraction of sp³-hybridized carbons (Fsp3) is 0. The molecule has 6 heavy (non-hydrogen) atoms. The van der Waals surface area contributed by atoms with E-state index in [0.29, 0.717) is 0 Å². The molecule has 0 amide bonds. The minimum atomic E-state index is 0. The van der Waals surface area contributed by atoms with Crippen LogP contribution in [0.4, 0.5) is 0 Å². The van der Waals surface area contributed by atoms with Gasteiger partial charge in [0.2, 0.25) is 0 Å². The smallest absolute Gasteiger partial charge is 1.00 e. The molecule has 0 aromatic carbocycles. The predicted octanol–water partition coefficient (Wildman–Crippen LogP) is -1.14. The fourth-order valence-corrected chi connectivity index (χ4v) is 0.680. The summed E-state index contributed by atoms with van der Waals surface area (Å²) in [6.45, 7) is 0. The van der Waals surface area contributed by atoms with Crippen molar-refractivity contribution in [1.82, 2.24) is 0 Å². The van der Waals surface area contributed by atoms with Crippen molar-refractivity contribution in [2.75, 3.05) is 0 Å². The molecule has 0 nitrogen and oxygen atoms in total. The summed E-state index contributed by atoms with van der Waals surface area (Å²) in [7, 11) is 0. The average Bonchev–Trinajstić information content (AvgIpc) is 1.76. The van der Waals surface area contributed by atoms with E-state index in [1.807, 2.05) is 22.9 Å². The van der Waals surface area contributed by atoms with E-state index >= 15 is 0 Å². The van der Waals surface area contributed by atoms with Gasteiger partial charge in [0.25, 0.3) is 0 Å². The number of hydrogen-bond donors (Lipinski definition) is 0. The Morgan fingerprint density at radius 3 is 1.83 bits per heavy atom. The molecule has 0 atom stereocenters. The molecule has 0 aliphatic rings. The molecule has 0 saturated heterocycles. The second kappa shape index (κ2) is 4.49. The predicted molar refractivity (Wildman–Crippen MR) is 25.4 cm³/mol. The first-order valence-corrected chi connectivity index (χ1v) is 2.41.